The number of carbonyl (C=O) groups excluding carboxylic acids is 3. The van der Waals surface area contributed by atoms with Gasteiger partial charge in [-0.05, 0) is 35.9 Å². The Balaban J connectivity index is 1.60. The van der Waals surface area contributed by atoms with Crippen LogP contribution in [0.2, 0.25) is 0 Å². The van der Waals surface area contributed by atoms with Crippen LogP contribution in [0.25, 0.3) is 16.5 Å². The minimum Gasteiger partial charge on any atom is -0.366 e. The van der Waals surface area contributed by atoms with Crippen LogP contribution in [0.5, 0.6) is 0 Å². The summed E-state index contributed by atoms with van der Waals surface area (Å²) in [5.41, 5.74) is 9.00. The van der Waals surface area contributed by atoms with E-state index in [2.05, 4.69) is 15.6 Å². The normalized spacial score (nSPS) is 13.3. The van der Waals surface area contributed by atoms with Crippen molar-refractivity contribution in [1.82, 2.24) is 10.3 Å². The molecule has 140 valence electrons. The molecule has 5 N–H and O–H groups in total. The fourth-order valence-electron chi connectivity index (χ4n) is 3.36. The number of fused-ring (bicyclic) bond motifs is 3. The minimum atomic E-state index is -0.523. The maximum atomic E-state index is 12.6. The van der Waals surface area contributed by atoms with Crippen molar-refractivity contribution in [3.8, 4) is 0 Å². The zero-order chi connectivity index (χ0) is 19.7. The lowest BCUT2D eigenvalue weighted by Crippen LogP contribution is -2.22. The number of anilines is 1. The number of primary amides is 1. The molecule has 0 spiro atoms. The first kappa shape index (κ1) is 17.5. The summed E-state index contributed by atoms with van der Waals surface area (Å²) >= 11 is 0. The van der Waals surface area contributed by atoms with E-state index in [0.717, 1.165) is 22.0 Å². The van der Waals surface area contributed by atoms with Gasteiger partial charge in [0.1, 0.15) is 5.69 Å². The van der Waals surface area contributed by atoms with E-state index in [1.807, 2.05) is 30.3 Å². The Morgan fingerprint density at radius 3 is 2.57 bits per heavy atom. The highest BCUT2D eigenvalue weighted by Crippen LogP contribution is 2.32. The van der Waals surface area contributed by atoms with E-state index >= 15 is 0 Å². The maximum absolute atomic E-state index is 12.6. The lowest BCUT2D eigenvalue weighted by Gasteiger charge is -2.09. The molecule has 1 aromatic heterocycles. The van der Waals surface area contributed by atoms with Crippen LogP contribution in [0.1, 0.15) is 32.8 Å². The maximum Gasteiger partial charge on any atom is 0.268 e. The van der Waals surface area contributed by atoms with Crippen molar-refractivity contribution in [3.05, 3.63) is 71.4 Å². The number of amides is 3. The van der Waals surface area contributed by atoms with E-state index < -0.39 is 5.91 Å². The number of carbonyl (C=O) groups is 3. The topological polar surface area (TPSA) is 117 Å². The van der Waals surface area contributed by atoms with Gasteiger partial charge < -0.3 is 21.4 Å². The summed E-state index contributed by atoms with van der Waals surface area (Å²) in [6.45, 7) is 0.353. The minimum absolute atomic E-state index is 0.112. The number of H-pyrrole nitrogens is 1. The monoisotopic (exact) mass is 374 g/mol. The second-order valence-corrected chi connectivity index (χ2v) is 6.53. The molecule has 0 atom stereocenters. The smallest absolute Gasteiger partial charge is 0.268 e. The molecule has 0 aliphatic carbocycles. The summed E-state index contributed by atoms with van der Waals surface area (Å²) in [7, 11) is 0. The van der Waals surface area contributed by atoms with Crippen LogP contribution in [0.3, 0.4) is 0 Å². The van der Waals surface area contributed by atoms with Gasteiger partial charge in [-0.1, -0.05) is 24.3 Å². The van der Waals surface area contributed by atoms with Gasteiger partial charge in [0.25, 0.3) is 5.91 Å². The van der Waals surface area contributed by atoms with Gasteiger partial charge >= 0.3 is 0 Å². The molecule has 7 heteroatoms. The first-order valence-corrected chi connectivity index (χ1v) is 8.81. The van der Waals surface area contributed by atoms with Crippen molar-refractivity contribution in [1.29, 1.82) is 0 Å². The second kappa shape index (κ2) is 7.03. The number of nitrogens with two attached hydrogens (primary N) is 1. The van der Waals surface area contributed by atoms with E-state index in [4.69, 9.17) is 5.73 Å². The molecule has 0 fully saturated rings. The fraction of sp³-hybridized carbons (Fsp3) is 0.0952. The predicted octanol–water partition coefficient (Wildman–Crippen LogP) is 2.42. The lowest BCUT2D eigenvalue weighted by molar-refractivity contribution is -0.115. The van der Waals surface area contributed by atoms with E-state index in [-0.39, 0.29) is 18.2 Å². The van der Waals surface area contributed by atoms with E-state index in [0.29, 0.717) is 23.5 Å². The van der Waals surface area contributed by atoms with Crippen molar-refractivity contribution in [2.75, 3.05) is 11.9 Å². The zero-order valence-electron chi connectivity index (χ0n) is 14.9. The molecule has 3 amide bonds. The number of aromatic amines is 1. The highest BCUT2D eigenvalue weighted by atomic mass is 16.2. The number of rotatable bonds is 4. The number of nitrogens with one attached hydrogen (secondary N) is 3. The molecule has 0 saturated heterocycles. The van der Waals surface area contributed by atoms with Crippen LogP contribution >= 0.6 is 0 Å². The summed E-state index contributed by atoms with van der Waals surface area (Å²) in [5, 5.41) is 6.52. The van der Waals surface area contributed by atoms with Gasteiger partial charge in [0.15, 0.2) is 0 Å². The van der Waals surface area contributed by atoms with Crippen molar-refractivity contribution in [2.24, 2.45) is 5.73 Å². The molecule has 1 aliphatic rings. The summed E-state index contributed by atoms with van der Waals surface area (Å²) in [6, 6.07) is 14.0. The van der Waals surface area contributed by atoms with Crippen LogP contribution in [-0.2, 0) is 4.79 Å². The Morgan fingerprint density at radius 2 is 1.82 bits per heavy atom. The molecule has 2 aromatic carbocycles. The molecule has 4 rings (SSSR count). The standard InChI is InChI=1S/C21H18N4O3/c22-20(27)12-5-7-14(8-6-12)24-17(26)11-13-9-10-23-21(28)19-18(13)15-3-1-2-4-16(15)25-19/h1-9,25H,10-11H2,(H2,22,27)(H,23,28)(H,24,26). The van der Waals surface area contributed by atoms with Crippen LogP contribution in [0, 0.1) is 0 Å². The molecule has 0 unspecified atom stereocenters. The molecular weight excluding hydrogens is 356 g/mol. The molecule has 0 saturated carbocycles. The average molecular weight is 374 g/mol. The Morgan fingerprint density at radius 1 is 1.07 bits per heavy atom. The van der Waals surface area contributed by atoms with Gasteiger partial charge in [-0.25, -0.2) is 0 Å². The van der Waals surface area contributed by atoms with Gasteiger partial charge in [0.05, 0.1) is 6.42 Å². The number of aromatic nitrogens is 1. The number of benzene rings is 2. The first-order valence-electron chi connectivity index (χ1n) is 8.81. The first-order chi connectivity index (χ1) is 13.5. The van der Waals surface area contributed by atoms with Gasteiger partial charge in [-0.15, -0.1) is 0 Å². The highest BCUT2D eigenvalue weighted by molar-refractivity contribution is 6.10. The largest absolute Gasteiger partial charge is 0.366 e. The molecule has 0 radical (unpaired) electrons. The van der Waals surface area contributed by atoms with Crippen molar-refractivity contribution in [2.45, 2.75) is 6.42 Å². The molecule has 28 heavy (non-hydrogen) atoms. The molecule has 1 aliphatic heterocycles. The third-order valence-corrected chi connectivity index (χ3v) is 4.67. The molecule has 7 nitrogen and oxygen atoms in total. The van der Waals surface area contributed by atoms with Gasteiger partial charge in [-0.2, -0.15) is 0 Å². The summed E-state index contributed by atoms with van der Waals surface area (Å²) in [5.74, 6) is -0.936. The second-order valence-electron chi connectivity index (χ2n) is 6.53. The van der Waals surface area contributed by atoms with E-state index in [1.165, 1.54) is 0 Å². The number of hydrogen-bond acceptors (Lipinski definition) is 3. The highest BCUT2D eigenvalue weighted by Gasteiger charge is 2.23. The third-order valence-electron chi connectivity index (χ3n) is 4.67. The van der Waals surface area contributed by atoms with E-state index in [9.17, 15) is 14.4 Å². The average Bonchev–Trinajstić information content (AvgIpc) is 3.00. The summed E-state index contributed by atoms with van der Waals surface area (Å²) in [4.78, 5) is 39.3. The Bertz CT molecular complexity index is 1130. The summed E-state index contributed by atoms with van der Waals surface area (Å²) in [6.07, 6.45) is 1.97. The number of hydrogen-bond donors (Lipinski definition) is 4. The van der Waals surface area contributed by atoms with Gasteiger partial charge in [0, 0.05) is 34.3 Å². The molecular formula is C21H18N4O3. The molecule has 0 bridgehead atoms. The van der Waals surface area contributed by atoms with Crippen molar-refractivity contribution in [3.63, 3.8) is 0 Å². The quantitative estimate of drug-likeness (QED) is 0.562. The van der Waals surface area contributed by atoms with Crippen molar-refractivity contribution < 1.29 is 14.4 Å². The molecule has 3 aromatic rings. The predicted molar refractivity (Wildman–Crippen MR) is 107 cm³/mol. The van der Waals surface area contributed by atoms with Crippen LogP contribution in [-0.4, -0.2) is 29.3 Å². The third kappa shape index (κ3) is 3.25. The van der Waals surface area contributed by atoms with E-state index in [1.54, 1.807) is 24.3 Å². The Kier molecular flexibility index (Phi) is 4.41. The van der Waals surface area contributed by atoms with Crippen LogP contribution < -0.4 is 16.4 Å². The van der Waals surface area contributed by atoms with Gasteiger partial charge in [0.2, 0.25) is 11.8 Å². The van der Waals surface area contributed by atoms with Gasteiger partial charge in [-0.3, -0.25) is 14.4 Å². The van der Waals surface area contributed by atoms with Crippen LogP contribution in [0.4, 0.5) is 5.69 Å². The Labute approximate surface area is 160 Å². The number of para-hydroxylation sites is 1. The van der Waals surface area contributed by atoms with Crippen molar-refractivity contribution >= 4 is 39.9 Å². The van der Waals surface area contributed by atoms with Crippen LogP contribution in [0.15, 0.2) is 54.6 Å². The summed E-state index contributed by atoms with van der Waals surface area (Å²) < 4.78 is 0. The lowest BCUT2D eigenvalue weighted by atomic mass is 9.98. The SMILES string of the molecule is NC(=O)c1ccc(NC(=O)CC2=CCNC(=O)c3[nH]c4ccccc4c32)cc1. The molecule has 2 heterocycles. The Hall–Kier alpha value is -3.87. The zero-order valence-corrected chi connectivity index (χ0v) is 14.9. The fourth-order valence-corrected chi connectivity index (χ4v) is 3.36.